The Balaban J connectivity index is 3.91. The first-order valence-electron chi connectivity index (χ1n) is 25.4. The molecule has 4 unspecified atom stereocenters. The zero-order chi connectivity index (χ0) is 64.2. The fourth-order valence-electron chi connectivity index (χ4n) is 5.79. The van der Waals surface area contributed by atoms with Crippen molar-refractivity contribution in [2.75, 3.05) is 74.5 Å². The molecule has 0 aromatic rings. The molecule has 28 nitrogen and oxygen atoms in total. The van der Waals surface area contributed by atoms with Crippen molar-refractivity contribution in [2.45, 2.75) is 154 Å². The van der Waals surface area contributed by atoms with Crippen LogP contribution in [0.3, 0.4) is 0 Å². The lowest BCUT2D eigenvalue weighted by Crippen LogP contribution is -2.55. The minimum absolute atomic E-state index is 0.190. The molecule has 1 saturated heterocycles. The summed E-state index contributed by atoms with van der Waals surface area (Å²) in [4.78, 5) is 161. The lowest BCUT2D eigenvalue weighted by molar-refractivity contribution is -0.144. The maximum absolute atomic E-state index is 14.0. The SMILES string of the molecule is COC(=O)C1CSSC[C@@H](C(=O)OC)NC(=O)C(NC(=O)OC(C)(C)C)CSSC[C@H](NC(=O)OC(C)(C)C)C(=O)N[C@H](C(=O)OC)CSSCC(C(=O)OC)NC(=O)[C@@H](NC(=O)OC(C)(C)C)CSSCC(NC(=O)OC(C)(C)C)C(=O)N1. The van der Waals surface area contributed by atoms with Crippen molar-refractivity contribution in [2.24, 2.45) is 0 Å². The van der Waals surface area contributed by atoms with Crippen molar-refractivity contribution in [3.63, 3.8) is 0 Å². The zero-order valence-corrected chi connectivity index (χ0v) is 56.2. The Hall–Kier alpha value is -4.36. The Morgan fingerprint density at radius 1 is 0.321 bits per heavy atom. The summed E-state index contributed by atoms with van der Waals surface area (Å²) in [6.07, 6.45) is -3.97. The number of carbonyl (C=O) groups is 12. The van der Waals surface area contributed by atoms with E-state index >= 15 is 0 Å². The second-order valence-electron chi connectivity index (χ2n) is 21.4. The van der Waals surface area contributed by atoms with E-state index in [1.165, 1.54) is 0 Å². The molecule has 480 valence electrons. The molecule has 1 heterocycles. The van der Waals surface area contributed by atoms with Gasteiger partial charge < -0.3 is 80.4 Å². The highest BCUT2D eigenvalue weighted by Gasteiger charge is 2.35. The normalized spacial score (nSPS) is 23.3. The lowest BCUT2D eigenvalue weighted by Gasteiger charge is -2.26. The average molecular weight is 1350 g/mol. The molecule has 1 fully saturated rings. The number of esters is 4. The quantitative estimate of drug-likeness (QED) is 0.0975. The zero-order valence-electron chi connectivity index (χ0n) is 49.7. The number of hydrogen-bond acceptors (Lipinski definition) is 28. The summed E-state index contributed by atoms with van der Waals surface area (Å²) in [5.74, 6) is -8.68. The molecule has 1 aliphatic heterocycles. The van der Waals surface area contributed by atoms with E-state index in [0.29, 0.717) is 0 Å². The molecule has 8 amide bonds. The third kappa shape index (κ3) is 34.1. The number of carbonyl (C=O) groups excluding carboxylic acids is 12. The van der Waals surface area contributed by atoms with Gasteiger partial charge in [-0.1, -0.05) is 86.4 Å². The van der Waals surface area contributed by atoms with Gasteiger partial charge in [0.25, 0.3) is 0 Å². The van der Waals surface area contributed by atoms with Gasteiger partial charge in [0.2, 0.25) is 23.6 Å². The molecule has 36 heteroatoms. The molecule has 0 aromatic heterocycles. The van der Waals surface area contributed by atoms with E-state index in [1.54, 1.807) is 83.1 Å². The first-order chi connectivity index (χ1) is 38.9. The van der Waals surface area contributed by atoms with Gasteiger partial charge in [0, 0.05) is 46.0 Å². The molecular formula is C48H80N8O20S8. The lowest BCUT2D eigenvalue weighted by atomic mass is 10.2. The van der Waals surface area contributed by atoms with Crippen LogP contribution >= 0.6 is 86.4 Å². The summed E-state index contributed by atoms with van der Waals surface area (Å²) in [7, 11) is 12.2. The van der Waals surface area contributed by atoms with E-state index in [0.717, 1.165) is 115 Å². The predicted molar refractivity (Wildman–Crippen MR) is 328 cm³/mol. The van der Waals surface area contributed by atoms with Gasteiger partial charge in [-0.25, -0.2) is 38.4 Å². The van der Waals surface area contributed by atoms with E-state index in [9.17, 15) is 57.5 Å². The average Bonchev–Trinajstić information content (AvgIpc) is 3.50. The fourth-order valence-corrected chi connectivity index (χ4v) is 15.0. The minimum atomic E-state index is -1.40. The highest BCUT2D eigenvalue weighted by Crippen LogP contribution is 2.28. The Bertz CT molecular complexity index is 1950. The van der Waals surface area contributed by atoms with Gasteiger partial charge in [0.1, 0.15) is 70.7 Å². The van der Waals surface area contributed by atoms with Crippen LogP contribution in [-0.2, 0) is 76.3 Å². The van der Waals surface area contributed by atoms with Crippen LogP contribution in [0.15, 0.2) is 0 Å². The molecule has 1 rings (SSSR count). The Kier molecular flexibility index (Phi) is 35.2. The van der Waals surface area contributed by atoms with Crippen molar-refractivity contribution in [1.29, 1.82) is 0 Å². The molecule has 1 aliphatic rings. The minimum Gasteiger partial charge on any atom is -0.467 e. The van der Waals surface area contributed by atoms with Crippen molar-refractivity contribution in [3.05, 3.63) is 0 Å². The van der Waals surface area contributed by atoms with Crippen molar-refractivity contribution in [3.8, 4) is 0 Å². The number of ether oxygens (including phenoxy) is 8. The van der Waals surface area contributed by atoms with Crippen LogP contribution in [0.2, 0.25) is 0 Å². The first-order valence-corrected chi connectivity index (χ1v) is 35.3. The smallest absolute Gasteiger partial charge is 0.408 e. The second-order valence-corrected chi connectivity index (χ2v) is 31.6. The summed E-state index contributed by atoms with van der Waals surface area (Å²) >= 11 is 0. The number of rotatable bonds is 8. The third-order valence-electron chi connectivity index (χ3n) is 9.45. The van der Waals surface area contributed by atoms with Gasteiger partial charge in [-0.3, -0.25) is 19.2 Å². The Morgan fingerprint density at radius 3 is 0.619 bits per heavy atom. The topological polar surface area (TPSA) is 375 Å². The highest BCUT2D eigenvalue weighted by molar-refractivity contribution is 8.77. The number of methoxy groups -OCH3 is 4. The number of hydrogen-bond donors (Lipinski definition) is 8. The first kappa shape index (κ1) is 77.7. The molecule has 8 N–H and O–H groups in total. The summed E-state index contributed by atoms with van der Waals surface area (Å²) < 4.78 is 41.5. The predicted octanol–water partition coefficient (Wildman–Crippen LogP) is 3.73. The molecule has 0 bridgehead atoms. The van der Waals surface area contributed by atoms with Gasteiger partial charge in [0.15, 0.2) is 0 Å². The number of alkyl carbamates (subject to hydrolysis) is 4. The van der Waals surface area contributed by atoms with Gasteiger partial charge >= 0.3 is 48.3 Å². The second kappa shape index (κ2) is 38.0. The summed E-state index contributed by atoms with van der Waals surface area (Å²) in [6, 6.07) is -11.0. The molecule has 84 heavy (non-hydrogen) atoms. The van der Waals surface area contributed by atoms with Crippen LogP contribution in [0.25, 0.3) is 0 Å². The van der Waals surface area contributed by atoms with E-state index in [2.05, 4.69) is 42.5 Å². The summed E-state index contributed by atoms with van der Waals surface area (Å²) in [5.41, 5.74) is -3.99. The van der Waals surface area contributed by atoms with E-state index in [4.69, 9.17) is 37.9 Å². The van der Waals surface area contributed by atoms with Crippen molar-refractivity contribution >= 4 is 158 Å². The monoisotopic (exact) mass is 1340 g/mol. The van der Waals surface area contributed by atoms with Gasteiger partial charge in [-0.15, -0.1) is 0 Å². The maximum Gasteiger partial charge on any atom is 0.408 e. The van der Waals surface area contributed by atoms with Crippen LogP contribution in [-0.4, -0.2) is 217 Å². The van der Waals surface area contributed by atoms with Crippen molar-refractivity contribution in [1.82, 2.24) is 42.5 Å². The highest BCUT2D eigenvalue weighted by atomic mass is 33.1. The van der Waals surface area contributed by atoms with Crippen LogP contribution in [0, 0.1) is 0 Å². The van der Waals surface area contributed by atoms with Crippen LogP contribution in [0.1, 0.15) is 83.1 Å². The number of amides is 8. The van der Waals surface area contributed by atoms with Crippen LogP contribution in [0.5, 0.6) is 0 Å². The summed E-state index contributed by atoms with van der Waals surface area (Å²) in [5, 5.41) is 20.2. The van der Waals surface area contributed by atoms with Crippen LogP contribution < -0.4 is 42.5 Å². The fraction of sp³-hybridized carbons (Fsp3) is 0.750. The molecular weight excluding hydrogens is 1270 g/mol. The molecule has 0 radical (unpaired) electrons. The van der Waals surface area contributed by atoms with Crippen LogP contribution in [0.4, 0.5) is 19.2 Å². The van der Waals surface area contributed by atoms with E-state index in [-0.39, 0.29) is 46.0 Å². The molecule has 0 aliphatic carbocycles. The molecule has 8 atom stereocenters. The molecule has 0 saturated carbocycles. The summed E-state index contributed by atoms with van der Waals surface area (Å²) in [6.45, 7) is 19.2. The Morgan fingerprint density at radius 2 is 0.476 bits per heavy atom. The maximum atomic E-state index is 14.0. The van der Waals surface area contributed by atoms with Gasteiger partial charge in [-0.05, 0) is 83.1 Å². The standard InChI is InChI=1S/C48H80N8O20S8/c1-45(2,3)73-41(65)53-25-17-77-78-18-26(54-42(66)74-46(4,5)6)34(58)50-31(39(63)71-15)23-83-84-24-32(40(64)72-16)52-36(60)28(56-44(68)76-48(10,11)12)20-80-79-19-27(55-43(67)75-47(7,8)9)35(59)51-30(38(62)70-14)22-82-81-21-29(37(61)69-13)49-33(25)57/h25-32H,17-24H2,1-16H3,(H,49,57)(H,50,58)(H,51,59)(H,52,60)(H,53,65)(H,54,66)(H,55,67)(H,56,68)/t25-,26?,27-,28?,29-,30?,31-,32?/m0/s1. The number of nitrogens with one attached hydrogen (secondary N) is 8. The third-order valence-corrected chi connectivity index (χ3v) is 19.1. The van der Waals surface area contributed by atoms with Gasteiger partial charge in [-0.2, -0.15) is 0 Å². The molecule has 0 aromatic carbocycles. The largest absolute Gasteiger partial charge is 0.467 e. The van der Waals surface area contributed by atoms with E-state index in [1.807, 2.05) is 0 Å². The van der Waals surface area contributed by atoms with Gasteiger partial charge in [0.05, 0.1) is 28.4 Å². The molecule has 0 spiro atoms. The van der Waals surface area contributed by atoms with E-state index < -0.39 is 143 Å². The Labute approximate surface area is 521 Å². The van der Waals surface area contributed by atoms with Crippen molar-refractivity contribution < 1.29 is 95.4 Å².